The van der Waals surface area contributed by atoms with Gasteiger partial charge in [-0.3, -0.25) is 0 Å². The molecular formula is C23H34N4O2. The number of urea groups is 1. The number of carbonyl (C=O) groups is 1. The summed E-state index contributed by atoms with van der Waals surface area (Å²) in [7, 11) is 1.72. The van der Waals surface area contributed by atoms with Crippen LogP contribution < -0.4 is 5.32 Å². The first-order valence-corrected chi connectivity index (χ1v) is 10.7. The number of ether oxygens (including phenoxy) is 1. The lowest BCUT2D eigenvalue weighted by Crippen LogP contribution is -2.51. The van der Waals surface area contributed by atoms with Gasteiger partial charge in [0.15, 0.2) is 0 Å². The molecule has 1 aliphatic heterocycles. The second-order valence-electron chi connectivity index (χ2n) is 8.36. The van der Waals surface area contributed by atoms with E-state index in [4.69, 9.17) is 4.74 Å². The van der Waals surface area contributed by atoms with E-state index >= 15 is 0 Å². The fourth-order valence-electron chi connectivity index (χ4n) is 4.56. The van der Waals surface area contributed by atoms with Gasteiger partial charge in [-0.05, 0) is 37.0 Å². The molecule has 6 nitrogen and oxygen atoms in total. The second kappa shape index (κ2) is 9.44. The average molecular weight is 399 g/mol. The lowest BCUT2D eigenvalue weighted by Gasteiger charge is -2.38. The van der Waals surface area contributed by atoms with Crippen LogP contribution in [0.3, 0.4) is 0 Å². The minimum atomic E-state index is -0.186. The van der Waals surface area contributed by atoms with Gasteiger partial charge in [0.2, 0.25) is 0 Å². The molecule has 0 saturated carbocycles. The van der Waals surface area contributed by atoms with Gasteiger partial charge in [0.05, 0.1) is 12.1 Å². The molecule has 0 spiro atoms. The third-order valence-electron chi connectivity index (χ3n) is 5.77. The maximum absolute atomic E-state index is 13.1. The first-order chi connectivity index (χ1) is 14.0. The van der Waals surface area contributed by atoms with Crippen LogP contribution in [0.15, 0.2) is 36.7 Å². The molecule has 29 heavy (non-hydrogen) atoms. The maximum Gasteiger partial charge on any atom is 0.322 e. The van der Waals surface area contributed by atoms with Crippen molar-refractivity contribution < 1.29 is 9.53 Å². The summed E-state index contributed by atoms with van der Waals surface area (Å²) in [6.45, 7) is 8.57. The fourth-order valence-corrected chi connectivity index (χ4v) is 4.56. The van der Waals surface area contributed by atoms with Crippen LogP contribution in [0.5, 0.6) is 0 Å². The van der Waals surface area contributed by atoms with E-state index in [1.165, 1.54) is 0 Å². The number of methoxy groups -OCH3 is 1. The number of hydrogen-bond donors (Lipinski definition) is 1. The van der Waals surface area contributed by atoms with Crippen molar-refractivity contribution in [2.45, 2.75) is 64.5 Å². The van der Waals surface area contributed by atoms with E-state index < -0.39 is 0 Å². The summed E-state index contributed by atoms with van der Waals surface area (Å²) in [4.78, 5) is 19.5. The van der Waals surface area contributed by atoms with E-state index in [0.29, 0.717) is 12.5 Å². The number of anilines is 1. The molecule has 1 saturated heterocycles. The quantitative estimate of drug-likeness (QED) is 0.690. The van der Waals surface area contributed by atoms with Crippen molar-refractivity contribution in [2.75, 3.05) is 25.6 Å². The summed E-state index contributed by atoms with van der Waals surface area (Å²) in [5, 5.41) is 3.12. The highest BCUT2D eigenvalue weighted by molar-refractivity contribution is 5.90. The first kappa shape index (κ1) is 21.4. The molecule has 1 unspecified atom stereocenters. The molecule has 2 heterocycles. The molecule has 1 atom stereocenters. The minimum absolute atomic E-state index is 0.0318. The lowest BCUT2D eigenvalue weighted by atomic mass is 9.91. The number of hydrogen-bond acceptors (Lipinski definition) is 3. The van der Waals surface area contributed by atoms with E-state index in [1.807, 2.05) is 29.4 Å². The summed E-state index contributed by atoms with van der Waals surface area (Å²) in [6.07, 6.45) is 7.88. The Hall–Kier alpha value is -2.34. The summed E-state index contributed by atoms with van der Waals surface area (Å²) < 4.78 is 7.65. The Balaban J connectivity index is 1.72. The van der Waals surface area contributed by atoms with Crippen LogP contribution in [0.2, 0.25) is 0 Å². The molecule has 1 aromatic heterocycles. The molecule has 1 N–H and O–H groups in total. The van der Waals surface area contributed by atoms with Gasteiger partial charge in [-0.1, -0.05) is 39.3 Å². The molecule has 1 aromatic carbocycles. The van der Waals surface area contributed by atoms with Gasteiger partial charge in [-0.2, -0.15) is 0 Å². The topological polar surface area (TPSA) is 59.4 Å². The van der Waals surface area contributed by atoms with Crippen molar-refractivity contribution >= 4 is 11.7 Å². The van der Waals surface area contributed by atoms with Crippen molar-refractivity contribution in [3.05, 3.63) is 48.0 Å². The molecule has 1 fully saturated rings. The molecule has 1 aliphatic rings. The highest BCUT2D eigenvalue weighted by Crippen LogP contribution is 2.34. The van der Waals surface area contributed by atoms with Crippen LogP contribution in [-0.2, 0) is 11.3 Å². The van der Waals surface area contributed by atoms with Gasteiger partial charge in [-0.15, -0.1) is 0 Å². The van der Waals surface area contributed by atoms with Crippen LogP contribution in [0.4, 0.5) is 10.5 Å². The van der Waals surface area contributed by atoms with Gasteiger partial charge >= 0.3 is 6.03 Å². The molecule has 0 radical (unpaired) electrons. The Morgan fingerprint density at radius 3 is 2.93 bits per heavy atom. The van der Waals surface area contributed by atoms with E-state index in [2.05, 4.69) is 47.8 Å². The van der Waals surface area contributed by atoms with Gasteiger partial charge < -0.3 is 19.5 Å². The zero-order chi connectivity index (χ0) is 20.9. The van der Waals surface area contributed by atoms with Crippen LogP contribution in [0, 0.1) is 0 Å². The Labute approximate surface area is 174 Å². The molecule has 6 heteroatoms. The number of nitrogens with zero attached hydrogens (tertiary/aromatic N) is 3. The van der Waals surface area contributed by atoms with Crippen molar-refractivity contribution in [3.8, 4) is 0 Å². The van der Waals surface area contributed by atoms with Crippen LogP contribution in [-0.4, -0.2) is 46.3 Å². The predicted molar refractivity (Wildman–Crippen MR) is 116 cm³/mol. The van der Waals surface area contributed by atoms with E-state index in [-0.39, 0.29) is 11.6 Å². The standard InChI is InChI=1S/C23H34N4O2/c1-5-10-23(17-29-4)11-7-13-27(23)22(28)25-20-9-6-8-19(15-20)16-26-14-12-24-21(26)18(2)3/h6,8-9,12,14-15,18H,5,7,10-11,13,16-17H2,1-4H3,(H,25,28). The smallest absolute Gasteiger partial charge is 0.322 e. The van der Waals surface area contributed by atoms with Crippen molar-refractivity contribution in [1.29, 1.82) is 0 Å². The van der Waals surface area contributed by atoms with Gasteiger partial charge in [0, 0.05) is 44.2 Å². The highest BCUT2D eigenvalue weighted by atomic mass is 16.5. The molecule has 0 aliphatic carbocycles. The summed E-state index contributed by atoms with van der Waals surface area (Å²) in [5.74, 6) is 1.44. The third-order valence-corrected chi connectivity index (χ3v) is 5.77. The Morgan fingerprint density at radius 1 is 1.38 bits per heavy atom. The largest absolute Gasteiger partial charge is 0.382 e. The van der Waals surface area contributed by atoms with Gasteiger partial charge in [0.25, 0.3) is 0 Å². The number of benzene rings is 1. The van der Waals surface area contributed by atoms with Crippen LogP contribution in [0.25, 0.3) is 0 Å². The summed E-state index contributed by atoms with van der Waals surface area (Å²) in [5.41, 5.74) is 1.78. The second-order valence-corrected chi connectivity index (χ2v) is 8.36. The highest BCUT2D eigenvalue weighted by Gasteiger charge is 2.43. The number of aromatic nitrogens is 2. The van der Waals surface area contributed by atoms with E-state index in [9.17, 15) is 4.79 Å². The average Bonchev–Trinajstić information content (AvgIpc) is 3.30. The normalized spacial score (nSPS) is 19.1. The fraction of sp³-hybridized carbons (Fsp3) is 0.565. The van der Waals surface area contributed by atoms with E-state index in [0.717, 1.165) is 55.8 Å². The zero-order valence-corrected chi connectivity index (χ0v) is 18.1. The number of likely N-dealkylation sites (tertiary alicyclic amines) is 1. The summed E-state index contributed by atoms with van der Waals surface area (Å²) in [6, 6.07) is 8.05. The van der Waals surface area contributed by atoms with Gasteiger partial charge in [-0.25, -0.2) is 9.78 Å². The van der Waals surface area contributed by atoms with Crippen molar-refractivity contribution in [1.82, 2.24) is 14.5 Å². The Morgan fingerprint density at radius 2 is 2.21 bits per heavy atom. The summed E-state index contributed by atoms with van der Waals surface area (Å²) >= 11 is 0. The minimum Gasteiger partial charge on any atom is -0.382 e. The molecular weight excluding hydrogens is 364 g/mol. The van der Waals surface area contributed by atoms with E-state index in [1.54, 1.807) is 7.11 Å². The molecule has 2 amide bonds. The number of imidazole rings is 1. The molecule has 0 bridgehead atoms. The number of amides is 2. The number of nitrogens with one attached hydrogen (secondary N) is 1. The SMILES string of the molecule is CCCC1(COC)CCCN1C(=O)Nc1cccc(Cn2ccnc2C(C)C)c1. The van der Waals surface area contributed by atoms with Crippen molar-refractivity contribution in [3.63, 3.8) is 0 Å². The third kappa shape index (κ3) is 4.81. The van der Waals surface area contributed by atoms with Crippen molar-refractivity contribution in [2.24, 2.45) is 0 Å². The Kier molecular flexibility index (Phi) is 6.96. The van der Waals surface area contributed by atoms with Crippen LogP contribution in [0.1, 0.15) is 63.8 Å². The van der Waals surface area contributed by atoms with Crippen LogP contribution >= 0.6 is 0 Å². The first-order valence-electron chi connectivity index (χ1n) is 10.7. The molecule has 3 rings (SSSR count). The zero-order valence-electron chi connectivity index (χ0n) is 18.1. The Bertz CT molecular complexity index is 809. The van der Waals surface area contributed by atoms with Gasteiger partial charge in [0.1, 0.15) is 5.82 Å². The monoisotopic (exact) mass is 398 g/mol. The molecule has 158 valence electrons. The number of carbonyl (C=O) groups excluding carboxylic acids is 1. The number of rotatable bonds is 8. The predicted octanol–water partition coefficient (Wildman–Crippen LogP) is 4.87. The molecule has 2 aromatic rings. The lowest BCUT2D eigenvalue weighted by molar-refractivity contribution is 0.0540. The maximum atomic E-state index is 13.1.